The zero-order valence-corrected chi connectivity index (χ0v) is 15.8. The highest BCUT2D eigenvalue weighted by atomic mass is 16.5. The van der Waals surface area contributed by atoms with Crippen LogP contribution in [0.25, 0.3) is 10.9 Å². The van der Waals surface area contributed by atoms with Crippen molar-refractivity contribution in [2.45, 2.75) is 19.0 Å². The molecule has 2 aromatic carbocycles. The van der Waals surface area contributed by atoms with E-state index in [1.165, 1.54) is 0 Å². The van der Waals surface area contributed by atoms with Crippen LogP contribution in [0.2, 0.25) is 0 Å². The SMILES string of the molecule is COc1ccc(CN2C(=O)N[C@@H](CC(=O)Nc3ccc4cc[nH]c4c3)C2=O)cc1. The van der Waals surface area contributed by atoms with Crippen molar-refractivity contribution >= 4 is 34.4 Å². The van der Waals surface area contributed by atoms with Gasteiger partial charge in [-0.2, -0.15) is 0 Å². The van der Waals surface area contributed by atoms with Crippen LogP contribution in [0.3, 0.4) is 0 Å². The number of hydrogen-bond donors (Lipinski definition) is 3. The lowest BCUT2D eigenvalue weighted by Crippen LogP contribution is -2.34. The minimum absolute atomic E-state index is 0.132. The Bertz CT molecular complexity index is 1070. The monoisotopic (exact) mass is 392 g/mol. The summed E-state index contributed by atoms with van der Waals surface area (Å²) in [5, 5.41) is 6.39. The van der Waals surface area contributed by atoms with Crippen LogP contribution in [-0.2, 0) is 16.1 Å². The molecule has 3 N–H and O–H groups in total. The number of aromatic amines is 1. The molecule has 0 bridgehead atoms. The molecule has 29 heavy (non-hydrogen) atoms. The van der Waals surface area contributed by atoms with Crippen LogP contribution >= 0.6 is 0 Å². The number of nitrogens with one attached hydrogen (secondary N) is 3. The van der Waals surface area contributed by atoms with E-state index >= 15 is 0 Å². The highest BCUT2D eigenvalue weighted by molar-refractivity contribution is 6.07. The van der Waals surface area contributed by atoms with Gasteiger partial charge in [-0.25, -0.2) is 4.79 Å². The number of anilines is 1. The Morgan fingerprint density at radius 3 is 2.69 bits per heavy atom. The summed E-state index contributed by atoms with van der Waals surface area (Å²) in [6.45, 7) is 0.135. The highest BCUT2D eigenvalue weighted by Gasteiger charge is 2.38. The molecule has 1 saturated heterocycles. The summed E-state index contributed by atoms with van der Waals surface area (Å²) < 4.78 is 5.10. The summed E-state index contributed by atoms with van der Waals surface area (Å²) in [5.74, 6) is -0.0697. The Morgan fingerprint density at radius 1 is 1.14 bits per heavy atom. The maximum Gasteiger partial charge on any atom is 0.325 e. The van der Waals surface area contributed by atoms with Gasteiger partial charge in [0.1, 0.15) is 11.8 Å². The molecule has 1 fully saturated rings. The Morgan fingerprint density at radius 2 is 1.93 bits per heavy atom. The standard InChI is InChI=1S/C21H20N4O4/c1-29-16-6-2-13(3-7-16)12-25-20(27)18(24-21(25)28)11-19(26)23-15-5-4-14-8-9-22-17(14)10-15/h2-10,18,22H,11-12H2,1H3,(H,23,26)(H,24,28)/t18-/m0/s1. The number of hydrogen-bond acceptors (Lipinski definition) is 4. The molecular formula is C21H20N4O4. The fourth-order valence-corrected chi connectivity index (χ4v) is 3.30. The van der Waals surface area contributed by atoms with E-state index in [1.54, 1.807) is 37.4 Å². The van der Waals surface area contributed by atoms with Crippen molar-refractivity contribution < 1.29 is 19.1 Å². The molecule has 0 unspecified atom stereocenters. The summed E-state index contributed by atoms with van der Waals surface area (Å²) in [6.07, 6.45) is 1.69. The lowest BCUT2D eigenvalue weighted by Gasteiger charge is -2.13. The van der Waals surface area contributed by atoms with Crippen molar-refractivity contribution in [2.75, 3.05) is 12.4 Å². The summed E-state index contributed by atoms with van der Waals surface area (Å²) in [6, 6.07) is 13.2. The number of aromatic nitrogens is 1. The number of H-pyrrole nitrogens is 1. The number of rotatable bonds is 6. The number of ether oxygens (including phenoxy) is 1. The van der Waals surface area contributed by atoms with Gasteiger partial charge in [-0.3, -0.25) is 14.5 Å². The number of benzene rings is 2. The molecule has 0 aliphatic carbocycles. The molecule has 8 nitrogen and oxygen atoms in total. The van der Waals surface area contributed by atoms with Crippen LogP contribution in [-0.4, -0.2) is 40.9 Å². The van der Waals surface area contributed by atoms with Crippen molar-refractivity contribution in [1.29, 1.82) is 0 Å². The average molecular weight is 392 g/mol. The normalized spacial score (nSPS) is 16.2. The predicted molar refractivity (Wildman–Crippen MR) is 107 cm³/mol. The summed E-state index contributed by atoms with van der Waals surface area (Å²) in [4.78, 5) is 41.4. The van der Waals surface area contributed by atoms with Gasteiger partial charge in [0.05, 0.1) is 20.1 Å². The molecule has 148 valence electrons. The second-order valence-electron chi connectivity index (χ2n) is 6.81. The Kier molecular flexibility index (Phi) is 4.90. The van der Waals surface area contributed by atoms with Gasteiger partial charge in [0.2, 0.25) is 5.91 Å². The van der Waals surface area contributed by atoms with Gasteiger partial charge in [-0.15, -0.1) is 0 Å². The van der Waals surface area contributed by atoms with Gasteiger partial charge in [-0.1, -0.05) is 18.2 Å². The van der Waals surface area contributed by atoms with E-state index in [0.29, 0.717) is 11.4 Å². The zero-order valence-electron chi connectivity index (χ0n) is 15.8. The van der Waals surface area contributed by atoms with Gasteiger partial charge < -0.3 is 20.4 Å². The van der Waals surface area contributed by atoms with Gasteiger partial charge in [-0.05, 0) is 41.3 Å². The van der Waals surface area contributed by atoms with Crippen LogP contribution in [0.5, 0.6) is 5.75 Å². The lowest BCUT2D eigenvalue weighted by molar-refractivity contribution is -0.130. The Balaban J connectivity index is 1.37. The number of fused-ring (bicyclic) bond motifs is 1. The van der Waals surface area contributed by atoms with Gasteiger partial charge in [0.15, 0.2) is 0 Å². The molecule has 1 aliphatic rings. The number of methoxy groups -OCH3 is 1. The smallest absolute Gasteiger partial charge is 0.325 e. The topological polar surface area (TPSA) is 104 Å². The first kappa shape index (κ1) is 18.5. The largest absolute Gasteiger partial charge is 0.497 e. The fraction of sp³-hybridized carbons (Fsp3) is 0.190. The first-order valence-electron chi connectivity index (χ1n) is 9.15. The van der Waals surface area contributed by atoms with E-state index in [2.05, 4.69) is 15.6 Å². The Hall–Kier alpha value is -3.81. The first-order valence-corrected chi connectivity index (χ1v) is 9.15. The maximum absolute atomic E-state index is 12.6. The minimum atomic E-state index is -0.880. The maximum atomic E-state index is 12.6. The second-order valence-corrected chi connectivity index (χ2v) is 6.81. The van der Waals surface area contributed by atoms with Gasteiger partial charge in [0, 0.05) is 17.4 Å². The molecule has 3 aromatic rings. The minimum Gasteiger partial charge on any atom is -0.497 e. The predicted octanol–water partition coefficient (Wildman–Crippen LogP) is 2.63. The first-order chi connectivity index (χ1) is 14.0. The molecule has 4 amide bonds. The van der Waals surface area contributed by atoms with E-state index in [-0.39, 0.29) is 18.9 Å². The molecule has 0 spiro atoms. The van der Waals surface area contributed by atoms with Crippen LogP contribution in [0.1, 0.15) is 12.0 Å². The molecule has 1 atom stereocenters. The van der Waals surface area contributed by atoms with E-state index in [0.717, 1.165) is 21.4 Å². The summed E-state index contributed by atoms with van der Waals surface area (Å²) in [7, 11) is 1.57. The Labute approximate surface area is 166 Å². The fourth-order valence-electron chi connectivity index (χ4n) is 3.30. The van der Waals surface area contributed by atoms with Gasteiger partial charge in [0.25, 0.3) is 5.91 Å². The number of amides is 4. The number of urea groups is 1. The van der Waals surface area contributed by atoms with Crippen LogP contribution in [0, 0.1) is 0 Å². The lowest BCUT2D eigenvalue weighted by atomic mass is 10.1. The third-order valence-corrected chi connectivity index (χ3v) is 4.84. The average Bonchev–Trinajstić information content (AvgIpc) is 3.28. The quantitative estimate of drug-likeness (QED) is 0.561. The van der Waals surface area contributed by atoms with Crippen molar-refractivity contribution in [3.8, 4) is 5.75 Å². The molecule has 0 saturated carbocycles. The van der Waals surface area contributed by atoms with E-state index < -0.39 is 18.0 Å². The van der Waals surface area contributed by atoms with E-state index in [4.69, 9.17) is 4.74 Å². The van der Waals surface area contributed by atoms with Crippen molar-refractivity contribution in [1.82, 2.24) is 15.2 Å². The number of imide groups is 1. The third-order valence-electron chi connectivity index (χ3n) is 4.84. The second kappa shape index (κ2) is 7.67. The summed E-state index contributed by atoms with van der Waals surface area (Å²) >= 11 is 0. The van der Waals surface area contributed by atoms with Crippen LogP contribution in [0.4, 0.5) is 10.5 Å². The molecule has 1 aromatic heterocycles. The highest BCUT2D eigenvalue weighted by Crippen LogP contribution is 2.20. The number of nitrogens with zero attached hydrogens (tertiary/aromatic N) is 1. The molecule has 8 heteroatoms. The number of carbonyl (C=O) groups excluding carboxylic acids is 3. The van der Waals surface area contributed by atoms with Crippen LogP contribution < -0.4 is 15.4 Å². The molecule has 0 radical (unpaired) electrons. The van der Waals surface area contributed by atoms with E-state index in [1.807, 2.05) is 24.4 Å². The van der Waals surface area contributed by atoms with Crippen molar-refractivity contribution in [3.05, 3.63) is 60.3 Å². The number of carbonyl (C=O) groups is 3. The van der Waals surface area contributed by atoms with Crippen LogP contribution in [0.15, 0.2) is 54.7 Å². The van der Waals surface area contributed by atoms with Gasteiger partial charge >= 0.3 is 6.03 Å². The third kappa shape index (κ3) is 3.91. The molecule has 4 rings (SSSR count). The van der Waals surface area contributed by atoms with Crippen molar-refractivity contribution in [3.63, 3.8) is 0 Å². The zero-order chi connectivity index (χ0) is 20.4. The molecule has 2 heterocycles. The summed E-state index contributed by atoms with van der Waals surface area (Å²) in [5.41, 5.74) is 2.31. The molecular weight excluding hydrogens is 372 g/mol. The van der Waals surface area contributed by atoms with E-state index in [9.17, 15) is 14.4 Å². The van der Waals surface area contributed by atoms with Crippen molar-refractivity contribution in [2.24, 2.45) is 0 Å². The molecule has 1 aliphatic heterocycles.